The fourth-order valence-corrected chi connectivity index (χ4v) is 7.13. The molecule has 0 spiro atoms. The average molecular weight is 876 g/mol. The zero-order valence-electron chi connectivity index (χ0n) is 35.5. The molecule has 0 unspecified atom stereocenters. The van der Waals surface area contributed by atoms with E-state index in [2.05, 4.69) is 31.0 Å². The molecule has 1 heterocycles. The molecule has 17 heteroatoms. The summed E-state index contributed by atoms with van der Waals surface area (Å²) in [6, 6.07) is 28.4. The van der Waals surface area contributed by atoms with Gasteiger partial charge in [0, 0.05) is 41.3 Å². The molecule has 1 atom stereocenters. The van der Waals surface area contributed by atoms with Crippen LogP contribution in [0.15, 0.2) is 109 Å². The number of amides is 3. The maximum Gasteiger partial charge on any atom is 0.323 e. The van der Waals surface area contributed by atoms with Crippen LogP contribution in [0.3, 0.4) is 0 Å². The summed E-state index contributed by atoms with van der Waals surface area (Å²) in [5.41, 5.74) is 9.52. The SMILES string of the molecule is COc1cc(Nc2cc(Oc3ccc(NC(=O)Nc4cc(C(C)(C)C)cc(NS(C)(=O)=O)c4OC)c4ccccc34)ccn2)ccc1C(=O)NCc1ccc(C[C@H](N)C(=O)O)cc1. The Morgan fingerprint density at radius 1 is 0.794 bits per heavy atom. The number of pyridine rings is 1. The number of urea groups is 1. The third kappa shape index (κ3) is 11.7. The Balaban J connectivity index is 1.13. The highest BCUT2D eigenvalue weighted by Gasteiger charge is 2.23. The number of nitrogens with two attached hydrogens (primary N) is 1. The molecule has 0 bridgehead atoms. The highest BCUT2D eigenvalue weighted by Crippen LogP contribution is 2.40. The van der Waals surface area contributed by atoms with Gasteiger partial charge in [0.2, 0.25) is 10.0 Å². The predicted octanol–water partition coefficient (Wildman–Crippen LogP) is 7.99. The van der Waals surface area contributed by atoms with E-state index in [1.807, 2.05) is 57.2 Å². The lowest BCUT2D eigenvalue weighted by atomic mass is 9.86. The van der Waals surface area contributed by atoms with Gasteiger partial charge < -0.3 is 46.3 Å². The van der Waals surface area contributed by atoms with Gasteiger partial charge in [0.1, 0.15) is 29.1 Å². The van der Waals surface area contributed by atoms with Crippen LogP contribution in [0.2, 0.25) is 0 Å². The minimum atomic E-state index is -3.66. The Labute approximate surface area is 365 Å². The number of hydrogen-bond donors (Lipinski definition) is 7. The monoisotopic (exact) mass is 875 g/mol. The molecular weight excluding hydrogens is 827 g/mol. The zero-order valence-corrected chi connectivity index (χ0v) is 36.3. The van der Waals surface area contributed by atoms with Gasteiger partial charge in [0.15, 0.2) is 5.75 Å². The van der Waals surface area contributed by atoms with E-state index in [9.17, 15) is 22.8 Å². The van der Waals surface area contributed by atoms with Gasteiger partial charge in [-0.05, 0) is 71.0 Å². The standard InChI is InChI=1S/C46H49N7O9S/c1-46(2,3)29-22-37(42(61-5)38(23-29)53-63(6,58)59)52-45(57)51-36-17-18-39(33-10-8-7-9-32(33)36)62-31-19-20-48-41(25-31)50-30-15-16-34(40(24-30)60-4)43(54)49-26-28-13-11-27(12-14-28)21-35(47)44(55)56/h7-20,22-25,35,53H,21,26,47H2,1-6H3,(H,48,50)(H,49,54)(H,55,56)(H2,51,52,57)/t35-/m0/s1. The van der Waals surface area contributed by atoms with Crippen LogP contribution in [0.25, 0.3) is 10.8 Å². The lowest BCUT2D eigenvalue weighted by Gasteiger charge is -2.24. The first kappa shape index (κ1) is 45.2. The van der Waals surface area contributed by atoms with Gasteiger partial charge in [-0.25, -0.2) is 18.2 Å². The number of carboxylic acid groups (broad SMARTS) is 1. The molecule has 0 aliphatic heterocycles. The summed E-state index contributed by atoms with van der Waals surface area (Å²) in [5.74, 6) is 0.522. The number of carbonyl (C=O) groups is 3. The molecule has 1 aromatic heterocycles. The molecule has 6 rings (SSSR count). The number of sulfonamides is 1. The minimum absolute atomic E-state index is 0.155. The second kappa shape index (κ2) is 19.1. The summed E-state index contributed by atoms with van der Waals surface area (Å²) in [6.45, 7) is 6.16. The van der Waals surface area contributed by atoms with E-state index in [0.29, 0.717) is 50.8 Å². The first-order valence-corrected chi connectivity index (χ1v) is 21.5. The van der Waals surface area contributed by atoms with Crippen LogP contribution >= 0.6 is 0 Å². The fourth-order valence-electron chi connectivity index (χ4n) is 6.58. The number of methoxy groups -OCH3 is 2. The van der Waals surface area contributed by atoms with Crippen molar-refractivity contribution in [2.75, 3.05) is 41.1 Å². The highest BCUT2D eigenvalue weighted by atomic mass is 32.2. The van der Waals surface area contributed by atoms with Crippen LogP contribution in [0, 0.1) is 0 Å². The van der Waals surface area contributed by atoms with Gasteiger partial charge >= 0.3 is 12.0 Å². The molecule has 0 aliphatic rings. The fraction of sp³-hybridized carbons (Fsp3) is 0.217. The molecule has 0 saturated heterocycles. The summed E-state index contributed by atoms with van der Waals surface area (Å²) in [4.78, 5) is 42.2. The van der Waals surface area contributed by atoms with Crippen LogP contribution < -0.4 is 45.9 Å². The van der Waals surface area contributed by atoms with Crippen LogP contribution in [0.5, 0.6) is 23.0 Å². The van der Waals surface area contributed by atoms with Crippen molar-refractivity contribution in [3.8, 4) is 23.0 Å². The molecule has 0 saturated carbocycles. The van der Waals surface area contributed by atoms with Crippen LogP contribution in [-0.2, 0) is 33.2 Å². The van der Waals surface area contributed by atoms with Crippen molar-refractivity contribution in [1.29, 1.82) is 0 Å². The number of hydrogen-bond acceptors (Lipinski definition) is 11. The Morgan fingerprint density at radius 2 is 1.48 bits per heavy atom. The van der Waals surface area contributed by atoms with E-state index < -0.39 is 28.1 Å². The zero-order chi connectivity index (χ0) is 45.5. The number of benzene rings is 5. The van der Waals surface area contributed by atoms with Gasteiger partial charge in [-0.3, -0.25) is 14.3 Å². The summed E-state index contributed by atoms with van der Waals surface area (Å²) in [5, 5.41) is 22.3. The topological polar surface area (TPSA) is 232 Å². The molecule has 8 N–H and O–H groups in total. The number of carbonyl (C=O) groups excluding carboxylic acids is 2. The molecule has 0 fully saturated rings. The summed E-state index contributed by atoms with van der Waals surface area (Å²) < 4.78 is 44.3. The third-order valence-electron chi connectivity index (χ3n) is 9.76. The number of aromatic nitrogens is 1. The summed E-state index contributed by atoms with van der Waals surface area (Å²) in [6.07, 6.45) is 2.83. The summed E-state index contributed by atoms with van der Waals surface area (Å²) >= 11 is 0. The van der Waals surface area contributed by atoms with E-state index in [1.165, 1.54) is 14.2 Å². The van der Waals surface area contributed by atoms with Crippen molar-refractivity contribution in [1.82, 2.24) is 10.3 Å². The van der Waals surface area contributed by atoms with Gasteiger partial charge in [0.05, 0.1) is 43.1 Å². The number of anilines is 5. The maximum atomic E-state index is 13.5. The molecule has 5 aromatic carbocycles. The van der Waals surface area contributed by atoms with E-state index >= 15 is 0 Å². The third-order valence-corrected chi connectivity index (χ3v) is 10.4. The van der Waals surface area contributed by atoms with Gasteiger partial charge in [0.25, 0.3) is 5.91 Å². The maximum absolute atomic E-state index is 13.5. The van der Waals surface area contributed by atoms with Crippen molar-refractivity contribution in [3.63, 3.8) is 0 Å². The molecule has 63 heavy (non-hydrogen) atoms. The molecule has 3 amide bonds. The summed E-state index contributed by atoms with van der Waals surface area (Å²) in [7, 11) is -0.791. The molecule has 6 aromatic rings. The predicted molar refractivity (Wildman–Crippen MR) is 244 cm³/mol. The first-order chi connectivity index (χ1) is 29.9. The molecule has 16 nitrogen and oxygen atoms in total. The normalized spacial score (nSPS) is 11.9. The number of rotatable bonds is 16. The molecule has 0 aliphatic carbocycles. The molecular formula is C46H49N7O9S. The second-order valence-corrected chi connectivity index (χ2v) is 17.4. The average Bonchev–Trinajstić information content (AvgIpc) is 3.23. The Hall–Kier alpha value is -7.37. The van der Waals surface area contributed by atoms with Crippen LogP contribution in [0.4, 0.5) is 33.4 Å². The van der Waals surface area contributed by atoms with Crippen LogP contribution in [0.1, 0.15) is 47.8 Å². The lowest BCUT2D eigenvalue weighted by Crippen LogP contribution is -2.32. The van der Waals surface area contributed by atoms with Crippen LogP contribution in [-0.4, -0.2) is 62.9 Å². The number of ether oxygens (including phenoxy) is 3. The number of fused-ring (bicyclic) bond motifs is 1. The van der Waals surface area contributed by atoms with Gasteiger partial charge in [-0.1, -0.05) is 69.3 Å². The van der Waals surface area contributed by atoms with Crippen molar-refractivity contribution in [3.05, 3.63) is 132 Å². The Kier molecular flexibility index (Phi) is 13.7. The first-order valence-electron chi connectivity index (χ1n) is 19.6. The number of nitrogens with one attached hydrogen (secondary N) is 5. The van der Waals surface area contributed by atoms with Crippen molar-refractivity contribution in [2.45, 2.75) is 45.2 Å². The van der Waals surface area contributed by atoms with Crippen molar-refractivity contribution >= 4 is 67.3 Å². The number of carboxylic acids is 1. The quantitative estimate of drug-likeness (QED) is 0.0491. The van der Waals surface area contributed by atoms with E-state index in [1.54, 1.807) is 72.9 Å². The number of nitrogens with zero attached hydrogens (tertiary/aromatic N) is 1. The molecule has 328 valence electrons. The van der Waals surface area contributed by atoms with E-state index in [0.717, 1.165) is 22.9 Å². The van der Waals surface area contributed by atoms with E-state index in [-0.39, 0.29) is 41.4 Å². The largest absolute Gasteiger partial charge is 0.496 e. The Morgan fingerprint density at radius 3 is 2.14 bits per heavy atom. The highest BCUT2D eigenvalue weighted by molar-refractivity contribution is 7.92. The molecule has 0 radical (unpaired) electrons. The minimum Gasteiger partial charge on any atom is -0.496 e. The van der Waals surface area contributed by atoms with Gasteiger partial charge in [-0.2, -0.15) is 0 Å². The van der Waals surface area contributed by atoms with Crippen molar-refractivity contribution < 1.29 is 42.1 Å². The number of aliphatic carboxylic acids is 1. The smallest absolute Gasteiger partial charge is 0.323 e. The second-order valence-electron chi connectivity index (χ2n) is 15.6. The lowest BCUT2D eigenvalue weighted by molar-refractivity contribution is -0.138. The Bertz CT molecular complexity index is 2780. The van der Waals surface area contributed by atoms with E-state index in [4.69, 9.17) is 25.1 Å². The van der Waals surface area contributed by atoms with Crippen molar-refractivity contribution in [2.24, 2.45) is 5.73 Å². The van der Waals surface area contributed by atoms with Gasteiger partial charge in [-0.15, -0.1) is 0 Å².